The maximum atomic E-state index is 9.78. The van der Waals surface area contributed by atoms with Crippen LogP contribution in [0.5, 0.6) is 0 Å². The lowest BCUT2D eigenvalue weighted by Crippen LogP contribution is -2.34. The van der Waals surface area contributed by atoms with E-state index in [4.69, 9.17) is 4.98 Å². The Morgan fingerprint density at radius 2 is 1.80 bits per heavy atom. The van der Waals surface area contributed by atoms with Gasteiger partial charge in [0.05, 0.1) is 18.0 Å². The van der Waals surface area contributed by atoms with Gasteiger partial charge in [0.25, 0.3) is 0 Å². The van der Waals surface area contributed by atoms with Crippen molar-refractivity contribution >= 4 is 16.7 Å². The fourth-order valence-electron chi connectivity index (χ4n) is 3.46. The minimum absolute atomic E-state index is 0.146. The van der Waals surface area contributed by atoms with Crippen molar-refractivity contribution in [1.29, 1.82) is 5.26 Å². The smallest absolute Gasteiger partial charge is 0.205 e. The van der Waals surface area contributed by atoms with Gasteiger partial charge in [0.15, 0.2) is 5.82 Å². The van der Waals surface area contributed by atoms with Crippen molar-refractivity contribution in [3.8, 4) is 17.5 Å². The molecular weight excluding hydrogens is 328 g/mol. The highest BCUT2D eigenvalue weighted by Crippen LogP contribution is 2.36. The van der Waals surface area contributed by atoms with Gasteiger partial charge in [-0.1, -0.05) is 60.7 Å². The lowest BCUT2D eigenvalue weighted by molar-refractivity contribution is 0.611. The average Bonchev–Trinajstić information content (AvgIpc) is 3.33. The van der Waals surface area contributed by atoms with E-state index in [-0.39, 0.29) is 12.0 Å². The number of benzene rings is 2. The maximum absolute atomic E-state index is 9.78. The fourth-order valence-corrected chi connectivity index (χ4v) is 4.23. The second-order valence-electron chi connectivity index (χ2n) is 6.19. The van der Waals surface area contributed by atoms with E-state index in [2.05, 4.69) is 15.3 Å². The van der Waals surface area contributed by atoms with E-state index >= 15 is 0 Å². The highest BCUT2D eigenvalue weighted by molar-refractivity contribution is 7.09. The molecule has 0 aliphatic carbocycles. The number of anilines is 1. The summed E-state index contributed by atoms with van der Waals surface area (Å²) in [6.45, 7) is 0.930. The molecule has 0 amide bonds. The lowest BCUT2D eigenvalue weighted by atomic mass is 9.91. The van der Waals surface area contributed by atoms with Crippen LogP contribution in [-0.2, 0) is 0 Å². The van der Waals surface area contributed by atoms with Crippen LogP contribution in [0.3, 0.4) is 0 Å². The van der Waals surface area contributed by atoms with E-state index in [0.29, 0.717) is 0 Å². The van der Waals surface area contributed by atoms with Crippen molar-refractivity contribution in [1.82, 2.24) is 9.36 Å². The molecule has 0 N–H and O–H groups in total. The molecular formula is C20H18N4S. The van der Waals surface area contributed by atoms with Crippen LogP contribution >= 0.6 is 11.5 Å². The summed E-state index contributed by atoms with van der Waals surface area (Å²) in [5.74, 6) is 0.618. The van der Waals surface area contributed by atoms with Crippen LogP contribution in [0, 0.1) is 11.3 Å². The Morgan fingerprint density at radius 3 is 2.52 bits per heavy atom. The van der Waals surface area contributed by atoms with Gasteiger partial charge in [0.2, 0.25) is 5.13 Å². The summed E-state index contributed by atoms with van der Waals surface area (Å²) in [6.07, 6.45) is 2.09. The van der Waals surface area contributed by atoms with Gasteiger partial charge in [0, 0.05) is 23.6 Å². The highest BCUT2D eigenvalue weighted by atomic mass is 32.1. The predicted molar refractivity (Wildman–Crippen MR) is 101 cm³/mol. The van der Waals surface area contributed by atoms with E-state index in [1.54, 1.807) is 0 Å². The number of hydrogen-bond acceptors (Lipinski definition) is 5. The molecule has 1 aliphatic rings. The van der Waals surface area contributed by atoms with E-state index in [0.717, 1.165) is 41.5 Å². The second kappa shape index (κ2) is 7.04. The molecule has 0 radical (unpaired) electrons. The summed E-state index contributed by atoms with van der Waals surface area (Å²) in [4.78, 5) is 7.02. The summed E-state index contributed by atoms with van der Waals surface area (Å²) in [5, 5.41) is 10.7. The topological polar surface area (TPSA) is 52.8 Å². The van der Waals surface area contributed by atoms with Crippen LogP contribution in [0.25, 0.3) is 11.4 Å². The minimum Gasteiger partial charge on any atom is -0.342 e. The van der Waals surface area contributed by atoms with Crippen molar-refractivity contribution < 1.29 is 0 Å². The van der Waals surface area contributed by atoms with Crippen molar-refractivity contribution in [2.45, 2.75) is 24.8 Å². The Morgan fingerprint density at radius 1 is 1.08 bits per heavy atom. The van der Waals surface area contributed by atoms with Crippen LogP contribution in [0.4, 0.5) is 5.13 Å². The molecule has 0 saturated carbocycles. The first-order valence-corrected chi connectivity index (χ1v) is 9.24. The Hall–Kier alpha value is -2.71. The van der Waals surface area contributed by atoms with Gasteiger partial charge in [0.1, 0.15) is 0 Å². The van der Waals surface area contributed by atoms with Crippen molar-refractivity contribution in [3.05, 3.63) is 66.2 Å². The van der Waals surface area contributed by atoms with E-state index in [1.165, 1.54) is 11.5 Å². The molecule has 0 bridgehead atoms. The standard InChI is InChI=1S/C20H18N4S/c21-14-17(15-8-3-1-4-9-15)18-12-7-13-24(18)20-22-19(23-25-20)16-10-5-2-6-11-16/h1-6,8-11,17-18H,7,12-13H2. The molecule has 2 unspecified atom stereocenters. The Kier molecular flexibility index (Phi) is 4.45. The Balaban J connectivity index is 1.62. The zero-order chi connectivity index (χ0) is 17.1. The molecule has 5 heteroatoms. The zero-order valence-corrected chi connectivity index (χ0v) is 14.6. The molecule has 25 heavy (non-hydrogen) atoms. The Labute approximate surface area is 151 Å². The summed E-state index contributed by atoms with van der Waals surface area (Å²) in [5.41, 5.74) is 2.11. The van der Waals surface area contributed by atoms with Gasteiger partial charge < -0.3 is 4.90 Å². The number of nitrogens with zero attached hydrogens (tertiary/aromatic N) is 4. The third-order valence-electron chi connectivity index (χ3n) is 4.67. The van der Waals surface area contributed by atoms with E-state index in [1.807, 2.05) is 60.7 Å². The third-order valence-corrected chi connectivity index (χ3v) is 5.43. The number of rotatable bonds is 4. The van der Waals surface area contributed by atoms with E-state index in [9.17, 15) is 5.26 Å². The molecule has 1 fully saturated rings. The van der Waals surface area contributed by atoms with Crippen LogP contribution in [0.15, 0.2) is 60.7 Å². The van der Waals surface area contributed by atoms with Gasteiger partial charge in [-0.3, -0.25) is 0 Å². The Bertz CT molecular complexity index is 869. The lowest BCUT2D eigenvalue weighted by Gasteiger charge is -2.27. The largest absolute Gasteiger partial charge is 0.342 e. The number of nitriles is 1. The summed E-state index contributed by atoms with van der Waals surface area (Å²) in [6, 6.07) is 22.8. The molecule has 4 rings (SSSR count). The third kappa shape index (κ3) is 3.13. The minimum atomic E-state index is -0.146. The monoisotopic (exact) mass is 346 g/mol. The van der Waals surface area contributed by atoms with Crippen molar-refractivity contribution in [2.75, 3.05) is 11.4 Å². The molecule has 2 atom stereocenters. The molecule has 124 valence electrons. The first-order valence-electron chi connectivity index (χ1n) is 8.47. The quantitative estimate of drug-likeness (QED) is 0.699. The molecule has 4 nitrogen and oxygen atoms in total. The SMILES string of the molecule is N#CC(c1ccccc1)C1CCCN1c1nc(-c2ccccc2)ns1. The summed E-state index contributed by atoms with van der Waals surface area (Å²) < 4.78 is 4.53. The van der Waals surface area contributed by atoms with Crippen molar-refractivity contribution in [3.63, 3.8) is 0 Å². The van der Waals surface area contributed by atoms with Gasteiger partial charge in [-0.25, -0.2) is 0 Å². The predicted octanol–water partition coefficient (Wildman–Crippen LogP) is 4.48. The first-order chi connectivity index (χ1) is 12.4. The fraction of sp³-hybridized carbons (Fsp3) is 0.250. The highest BCUT2D eigenvalue weighted by Gasteiger charge is 2.34. The molecule has 1 aliphatic heterocycles. The van der Waals surface area contributed by atoms with Gasteiger partial charge in [-0.15, -0.1) is 0 Å². The van der Waals surface area contributed by atoms with Crippen LogP contribution in [-0.4, -0.2) is 21.9 Å². The molecule has 1 aromatic heterocycles. The summed E-state index contributed by atoms with van der Waals surface area (Å²) in [7, 11) is 0. The van der Waals surface area contributed by atoms with Crippen LogP contribution < -0.4 is 4.90 Å². The van der Waals surface area contributed by atoms with Crippen LogP contribution in [0.2, 0.25) is 0 Å². The zero-order valence-electron chi connectivity index (χ0n) is 13.7. The molecule has 0 spiro atoms. The molecule has 3 aromatic rings. The van der Waals surface area contributed by atoms with Gasteiger partial charge in [-0.2, -0.15) is 14.6 Å². The van der Waals surface area contributed by atoms with Gasteiger partial charge >= 0.3 is 0 Å². The maximum Gasteiger partial charge on any atom is 0.205 e. The molecule has 2 heterocycles. The number of aromatic nitrogens is 2. The number of hydrogen-bond donors (Lipinski definition) is 0. The average molecular weight is 346 g/mol. The molecule has 1 saturated heterocycles. The van der Waals surface area contributed by atoms with E-state index < -0.39 is 0 Å². The van der Waals surface area contributed by atoms with Crippen LogP contribution in [0.1, 0.15) is 24.3 Å². The summed E-state index contributed by atoms with van der Waals surface area (Å²) >= 11 is 1.42. The first kappa shape index (κ1) is 15.8. The van der Waals surface area contributed by atoms with Crippen molar-refractivity contribution in [2.24, 2.45) is 0 Å². The second-order valence-corrected chi connectivity index (χ2v) is 6.92. The normalized spacial score (nSPS) is 18.0. The van der Waals surface area contributed by atoms with Gasteiger partial charge in [-0.05, 0) is 18.4 Å². The molecule has 2 aromatic carbocycles.